The van der Waals surface area contributed by atoms with E-state index >= 15 is 0 Å². The van der Waals surface area contributed by atoms with Crippen LogP contribution in [-0.2, 0) is 0 Å². The Kier molecular flexibility index (Phi) is 4.27. The van der Waals surface area contributed by atoms with Crippen molar-refractivity contribution >= 4 is 17.3 Å². The molecule has 0 aliphatic heterocycles. The average Bonchev–Trinajstić information content (AvgIpc) is 2.34. The Morgan fingerprint density at radius 2 is 2.29 bits per heavy atom. The highest BCUT2D eigenvalue weighted by Gasteiger charge is 2.21. The number of hydrogen-bond donors (Lipinski definition) is 1. The van der Waals surface area contributed by atoms with Gasteiger partial charge < -0.3 is 5.32 Å². The first-order valence-electron chi connectivity index (χ1n) is 6.57. The Morgan fingerprint density at radius 3 is 3.06 bits per heavy atom. The first-order valence-corrected chi connectivity index (χ1v) is 6.95. The maximum atomic E-state index is 6.11. The van der Waals surface area contributed by atoms with Crippen LogP contribution in [-0.4, -0.2) is 11.0 Å². The highest BCUT2D eigenvalue weighted by Crippen LogP contribution is 2.30. The highest BCUT2D eigenvalue weighted by atomic mass is 35.5. The maximum absolute atomic E-state index is 6.11. The van der Waals surface area contributed by atoms with Crippen molar-refractivity contribution < 1.29 is 0 Å². The van der Waals surface area contributed by atoms with E-state index in [1.54, 1.807) is 0 Å². The number of hydrogen-bond acceptors (Lipinski definition) is 2. The van der Waals surface area contributed by atoms with Crippen molar-refractivity contribution in [1.29, 1.82) is 0 Å². The van der Waals surface area contributed by atoms with Gasteiger partial charge in [0.15, 0.2) is 5.15 Å². The molecule has 0 amide bonds. The lowest BCUT2D eigenvalue weighted by atomic mass is 9.84. The van der Waals surface area contributed by atoms with Gasteiger partial charge in [-0.15, -0.1) is 0 Å². The van der Waals surface area contributed by atoms with Crippen LogP contribution < -0.4 is 5.32 Å². The minimum atomic E-state index is 0.565. The molecule has 1 N–H and O–H groups in total. The van der Waals surface area contributed by atoms with Gasteiger partial charge in [-0.25, -0.2) is 4.98 Å². The van der Waals surface area contributed by atoms with Gasteiger partial charge in [0.1, 0.15) is 0 Å². The SMILES string of the molecule is CCC1CCCC(Nc2cc(C)cnc2Cl)C1. The topological polar surface area (TPSA) is 24.9 Å². The first-order chi connectivity index (χ1) is 8.19. The number of nitrogens with zero attached hydrogens (tertiary/aromatic N) is 1. The molecule has 1 aliphatic carbocycles. The number of pyridine rings is 1. The molecule has 1 aliphatic rings. The molecule has 2 atom stereocenters. The largest absolute Gasteiger partial charge is 0.380 e. The molecule has 3 heteroatoms. The van der Waals surface area contributed by atoms with Gasteiger partial charge in [-0.05, 0) is 37.3 Å². The second-order valence-electron chi connectivity index (χ2n) is 5.13. The van der Waals surface area contributed by atoms with E-state index in [9.17, 15) is 0 Å². The number of nitrogens with one attached hydrogen (secondary N) is 1. The lowest BCUT2D eigenvalue weighted by Crippen LogP contribution is -2.27. The van der Waals surface area contributed by atoms with E-state index in [0.29, 0.717) is 11.2 Å². The van der Waals surface area contributed by atoms with Gasteiger partial charge in [-0.1, -0.05) is 37.8 Å². The Bertz CT molecular complexity index is 378. The lowest BCUT2D eigenvalue weighted by molar-refractivity contribution is 0.327. The van der Waals surface area contributed by atoms with Crippen molar-refractivity contribution in [1.82, 2.24) is 4.98 Å². The molecule has 1 aromatic heterocycles. The molecule has 1 fully saturated rings. The summed E-state index contributed by atoms with van der Waals surface area (Å²) < 4.78 is 0. The third-order valence-corrected chi connectivity index (χ3v) is 4.00. The highest BCUT2D eigenvalue weighted by molar-refractivity contribution is 6.31. The smallest absolute Gasteiger partial charge is 0.152 e. The molecular formula is C14H21ClN2. The van der Waals surface area contributed by atoms with Gasteiger partial charge in [-0.2, -0.15) is 0 Å². The molecule has 0 aromatic carbocycles. The molecule has 2 unspecified atom stereocenters. The number of anilines is 1. The molecule has 0 spiro atoms. The zero-order chi connectivity index (χ0) is 12.3. The summed E-state index contributed by atoms with van der Waals surface area (Å²) in [5, 5.41) is 4.15. The third-order valence-electron chi connectivity index (χ3n) is 3.70. The monoisotopic (exact) mass is 252 g/mol. The average molecular weight is 253 g/mol. The Balaban J connectivity index is 2.02. The van der Waals surface area contributed by atoms with E-state index in [1.165, 1.54) is 32.1 Å². The minimum Gasteiger partial charge on any atom is -0.380 e. The van der Waals surface area contributed by atoms with Crippen LogP contribution in [0.2, 0.25) is 5.15 Å². The standard InChI is InChI=1S/C14H21ClN2/c1-3-11-5-4-6-12(8-11)17-13-7-10(2)9-16-14(13)15/h7,9,11-12,17H,3-6,8H2,1-2H3. The predicted molar refractivity (Wildman–Crippen MR) is 73.6 cm³/mol. The fourth-order valence-electron chi connectivity index (χ4n) is 2.67. The predicted octanol–water partition coefficient (Wildman–Crippen LogP) is 4.42. The molecule has 0 bridgehead atoms. The van der Waals surface area contributed by atoms with E-state index < -0.39 is 0 Å². The van der Waals surface area contributed by atoms with Crippen molar-refractivity contribution in [3.05, 3.63) is 23.0 Å². The molecular weight excluding hydrogens is 232 g/mol. The molecule has 17 heavy (non-hydrogen) atoms. The van der Waals surface area contributed by atoms with E-state index in [2.05, 4.69) is 23.3 Å². The summed E-state index contributed by atoms with van der Waals surface area (Å²) >= 11 is 6.11. The van der Waals surface area contributed by atoms with Crippen LogP contribution in [0.25, 0.3) is 0 Å². The quantitative estimate of drug-likeness (QED) is 0.806. The molecule has 1 heterocycles. The summed E-state index contributed by atoms with van der Waals surface area (Å²) in [4.78, 5) is 4.19. The van der Waals surface area contributed by atoms with E-state index in [1.807, 2.05) is 13.1 Å². The van der Waals surface area contributed by atoms with Crippen LogP contribution in [0.3, 0.4) is 0 Å². The molecule has 2 nitrogen and oxygen atoms in total. The molecule has 1 saturated carbocycles. The number of aryl methyl sites for hydroxylation is 1. The van der Waals surface area contributed by atoms with Crippen molar-refractivity contribution in [2.75, 3.05) is 5.32 Å². The van der Waals surface area contributed by atoms with Crippen LogP contribution >= 0.6 is 11.6 Å². The van der Waals surface area contributed by atoms with Crippen LogP contribution in [0, 0.1) is 12.8 Å². The van der Waals surface area contributed by atoms with Gasteiger partial charge in [0.2, 0.25) is 0 Å². The Hall–Kier alpha value is -0.760. The van der Waals surface area contributed by atoms with E-state index in [-0.39, 0.29) is 0 Å². The lowest BCUT2D eigenvalue weighted by Gasteiger charge is -2.30. The van der Waals surface area contributed by atoms with Gasteiger partial charge in [0.25, 0.3) is 0 Å². The Morgan fingerprint density at radius 1 is 1.47 bits per heavy atom. The van der Waals surface area contributed by atoms with Crippen LogP contribution in [0.15, 0.2) is 12.3 Å². The first kappa shape index (κ1) is 12.7. The number of aromatic nitrogens is 1. The summed E-state index contributed by atoms with van der Waals surface area (Å²) in [5.41, 5.74) is 2.15. The summed E-state index contributed by atoms with van der Waals surface area (Å²) in [7, 11) is 0. The molecule has 0 radical (unpaired) electrons. The van der Waals surface area contributed by atoms with Gasteiger partial charge >= 0.3 is 0 Å². The summed E-state index contributed by atoms with van der Waals surface area (Å²) in [6, 6.07) is 2.65. The van der Waals surface area contributed by atoms with Gasteiger partial charge in [0.05, 0.1) is 5.69 Å². The normalized spacial score (nSPS) is 24.6. The molecule has 1 aromatic rings. The fraction of sp³-hybridized carbons (Fsp3) is 0.643. The van der Waals surface area contributed by atoms with Crippen molar-refractivity contribution in [3.63, 3.8) is 0 Å². The minimum absolute atomic E-state index is 0.565. The van der Waals surface area contributed by atoms with Crippen molar-refractivity contribution in [3.8, 4) is 0 Å². The van der Waals surface area contributed by atoms with Crippen LogP contribution in [0.5, 0.6) is 0 Å². The number of halogens is 1. The second-order valence-corrected chi connectivity index (χ2v) is 5.49. The third kappa shape index (κ3) is 3.35. The van der Waals surface area contributed by atoms with E-state index in [0.717, 1.165) is 17.2 Å². The van der Waals surface area contributed by atoms with Gasteiger partial charge in [0, 0.05) is 12.2 Å². The molecule has 2 rings (SSSR count). The summed E-state index contributed by atoms with van der Waals surface area (Å²) in [5.74, 6) is 0.873. The van der Waals surface area contributed by atoms with Crippen LogP contribution in [0.4, 0.5) is 5.69 Å². The maximum Gasteiger partial charge on any atom is 0.152 e. The molecule has 94 valence electrons. The van der Waals surface area contributed by atoms with Crippen LogP contribution in [0.1, 0.15) is 44.6 Å². The number of rotatable bonds is 3. The van der Waals surface area contributed by atoms with E-state index in [4.69, 9.17) is 11.6 Å². The summed E-state index contributed by atoms with van der Waals surface area (Å²) in [6.07, 6.45) is 8.32. The summed E-state index contributed by atoms with van der Waals surface area (Å²) in [6.45, 7) is 4.33. The molecule has 0 saturated heterocycles. The zero-order valence-corrected chi connectivity index (χ0v) is 11.4. The van der Waals surface area contributed by atoms with Gasteiger partial charge in [-0.3, -0.25) is 0 Å². The van der Waals surface area contributed by atoms with Crippen molar-refractivity contribution in [2.24, 2.45) is 5.92 Å². The van der Waals surface area contributed by atoms with Crippen molar-refractivity contribution in [2.45, 2.75) is 52.0 Å². The second kappa shape index (κ2) is 5.72. The fourth-order valence-corrected chi connectivity index (χ4v) is 2.82. The zero-order valence-electron chi connectivity index (χ0n) is 10.7. The Labute approximate surface area is 109 Å².